The van der Waals surface area contributed by atoms with Crippen LogP contribution in [0.2, 0.25) is 0 Å². The smallest absolute Gasteiger partial charge is 0.226 e. The highest BCUT2D eigenvalue weighted by Gasteiger charge is 2.00. The van der Waals surface area contributed by atoms with Crippen molar-refractivity contribution in [1.29, 1.82) is 0 Å². The molecule has 0 bridgehead atoms. The lowest BCUT2D eigenvalue weighted by Crippen LogP contribution is -1.95. The minimum atomic E-state index is -0.355. The minimum Gasteiger partial charge on any atom is -0.288 e. The second kappa shape index (κ2) is 4.23. The molecule has 0 N–H and O–H groups in total. The molecule has 0 saturated carbocycles. The van der Waals surface area contributed by atoms with E-state index in [0.717, 1.165) is 11.3 Å². The standard InChI is InChI=1S/C10H8ClN3O/c11-10(15)5-8-1-3-9(4-2-8)14-6-12-13-7-14/h1-4,6-7H,5H2. The number of benzene rings is 1. The molecule has 0 unspecified atom stereocenters. The number of rotatable bonds is 3. The second-order valence-electron chi connectivity index (χ2n) is 3.07. The van der Waals surface area contributed by atoms with Gasteiger partial charge in [-0.3, -0.25) is 9.36 Å². The predicted molar refractivity (Wildman–Crippen MR) is 55.9 cm³/mol. The highest BCUT2D eigenvalue weighted by atomic mass is 35.5. The van der Waals surface area contributed by atoms with Gasteiger partial charge in [0.2, 0.25) is 5.24 Å². The van der Waals surface area contributed by atoms with Crippen LogP contribution in [0.25, 0.3) is 5.69 Å². The van der Waals surface area contributed by atoms with Gasteiger partial charge in [-0.25, -0.2) is 0 Å². The van der Waals surface area contributed by atoms with E-state index in [9.17, 15) is 4.79 Å². The van der Waals surface area contributed by atoms with Crippen molar-refractivity contribution in [2.75, 3.05) is 0 Å². The van der Waals surface area contributed by atoms with E-state index in [2.05, 4.69) is 10.2 Å². The molecule has 0 radical (unpaired) electrons. The second-order valence-corrected chi connectivity index (χ2v) is 3.49. The van der Waals surface area contributed by atoms with Crippen molar-refractivity contribution in [1.82, 2.24) is 14.8 Å². The molecular formula is C10H8ClN3O. The Balaban J connectivity index is 2.21. The zero-order valence-electron chi connectivity index (χ0n) is 7.80. The molecule has 4 nitrogen and oxygen atoms in total. The summed E-state index contributed by atoms with van der Waals surface area (Å²) >= 11 is 5.29. The fourth-order valence-corrected chi connectivity index (χ4v) is 1.43. The van der Waals surface area contributed by atoms with Gasteiger partial charge >= 0.3 is 0 Å². The van der Waals surface area contributed by atoms with E-state index in [-0.39, 0.29) is 11.7 Å². The lowest BCUT2D eigenvalue weighted by molar-refractivity contribution is -0.111. The number of hydrogen-bond donors (Lipinski definition) is 0. The third-order valence-corrected chi connectivity index (χ3v) is 2.13. The summed E-state index contributed by atoms with van der Waals surface area (Å²) in [6.07, 6.45) is 3.48. The first-order valence-corrected chi connectivity index (χ1v) is 4.76. The Labute approximate surface area is 91.5 Å². The summed E-state index contributed by atoms with van der Waals surface area (Å²) in [5.41, 5.74) is 1.84. The largest absolute Gasteiger partial charge is 0.288 e. The summed E-state index contributed by atoms with van der Waals surface area (Å²) in [5.74, 6) is 0. The lowest BCUT2D eigenvalue weighted by Gasteiger charge is -2.01. The first kappa shape index (κ1) is 9.86. The van der Waals surface area contributed by atoms with Crippen LogP contribution in [-0.4, -0.2) is 20.0 Å². The van der Waals surface area contributed by atoms with E-state index in [1.54, 1.807) is 17.2 Å². The van der Waals surface area contributed by atoms with Crippen molar-refractivity contribution in [2.24, 2.45) is 0 Å². The summed E-state index contributed by atoms with van der Waals surface area (Å²) in [7, 11) is 0. The van der Waals surface area contributed by atoms with Gasteiger partial charge in [0, 0.05) is 12.1 Å². The van der Waals surface area contributed by atoms with Gasteiger partial charge in [0.15, 0.2) is 0 Å². The van der Waals surface area contributed by atoms with Crippen LogP contribution in [0.4, 0.5) is 0 Å². The summed E-state index contributed by atoms with van der Waals surface area (Å²) in [4.78, 5) is 10.7. The predicted octanol–water partition coefficient (Wildman–Crippen LogP) is 1.58. The summed E-state index contributed by atoms with van der Waals surface area (Å²) in [5, 5.41) is 7.06. The van der Waals surface area contributed by atoms with Crippen molar-refractivity contribution in [3.05, 3.63) is 42.5 Å². The number of hydrogen-bond acceptors (Lipinski definition) is 3. The van der Waals surface area contributed by atoms with Crippen molar-refractivity contribution >= 4 is 16.8 Å². The van der Waals surface area contributed by atoms with Crippen molar-refractivity contribution in [3.63, 3.8) is 0 Å². The fraction of sp³-hybridized carbons (Fsp3) is 0.100. The summed E-state index contributed by atoms with van der Waals surface area (Å²) in [6.45, 7) is 0. The number of nitrogens with zero attached hydrogens (tertiary/aromatic N) is 3. The van der Waals surface area contributed by atoms with Gasteiger partial charge in [0.05, 0.1) is 0 Å². The van der Waals surface area contributed by atoms with E-state index in [1.165, 1.54) is 0 Å². The topological polar surface area (TPSA) is 47.8 Å². The Bertz CT molecular complexity index is 450. The maximum Gasteiger partial charge on any atom is 0.226 e. The summed E-state index contributed by atoms with van der Waals surface area (Å²) < 4.78 is 1.78. The summed E-state index contributed by atoms with van der Waals surface area (Å²) in [6, 6.07) is 7.49. The van der Waals surface area contributed by atoms with Crippen LogP contribution in [0.15, 0.2) is 36.9 Å². The maximum absolute atomic E-state index is 10.7. The van der Waals surface area contributed by atoms with E-state index < -0.39 is 0 Å². The Kier molecular flexibility index (Phi) is 2.78. The molecule has 0 amide bonds. The Hall–Kier alpha value is -1.68. The fourth-order valence-electron chi connectivity index (χ4n) is 1.28. The maximum atomic E-state index is 10.7. The molecule has 15 heavy (non-hydrogen) atoms. The molecular weight excluding hydrogens is 214 g/mol. The highest BCUT2D eigenvalue weighted by molar-refractivity contribution is 6.63. The average molecular weight is 222 g/mol. The van der Waals surface area contributed by atoms with Crippen LogP contribution >= 0.6 is 11.6 Å². The van der Waals surface area contributed by atoms with Gasteiger partial charge in [-0.1, -0.05) is 12.1 Å². The lowest BCUT2D eigenvalue weighted by atomic mass is 10.1. The van der Waals surface area contributed by atoms with Gasteiger partial charge in [0.25, 0.3) is 0 Å². The van der Waals surface area contributed by atoms with Crippen LogP contribution in [0.3, 0.4) is 0 Å². The van der Waals surface area contributed by atoms with Crippen molar-refractivity contribution in [2.45, 2.75) is 6.42 Å². The number of carbonyl (C=O) groups excluding carboxylic acids is 1. The van der Waals surface area contributed by atoms with E-state index in [4.69, 9.17) is 11.6 Å². The molecule has 1 heterocycles. The molecule has 0 atom stereocenters. The molecule has 5 heteroatoms. The molecule has 0 saturated heterocycles. The zero-order chi connectivity index (χ0) is 10.7. The van der Waals surface area contributed by atoms with Gasteiger partial charge in [-0.15, -0.1) is 10.2 Å². The SMILES string of the molecule is O=C(Cl)Cc1ccc(-n2cnnc2)cc1. The van der Waals surface area contributed by atoms with Crippen molar-refractivity contribution in [3.8, 4) is 5.69 Å². The van der Waals surface area contributed by atoms with Crippen LogP contribution in [-0.2, 0) is 11.2 Å². The van der Waals surface area contributed by atoms with Crippen LogP contribution in [0.5, 0.6) is 0 Å². The third kappa shape index (κ3) is 2.41. The van der Waals surface area contributed by atoms with E-state index in [1.807, 2.05) is 24.3 Å². The highest BCUT2D eigenvalue weighted by Crippen LogP contribution is 2.09. The Morgan fingerprint density at radius 2 is 1.80 bits per heavy atom. The van der Waals surface area contributed by atoms with Crippen LogP contribution in [0.1, 0.15) is 5.56 Å². The molecule has 1 aromatic heterocycles. The van der Waals surface area contributed by atoms with Gasteiger partial charge < -0.3 is 0 Å². The molecule has 0 spiro atoms. The minimum absolute atomic E-state index is 0.254. The molecule has 0 aliphatic carbocycles. The molecule has 2 aromatic rings. The molecule has 76 valence electrons. The van der Waals surface area contributed by atoms with E-state index >= 15 is 0 Å². The monoisotopic (exact) mass is 221 g/mol. The Morgan fingerprint density at radius 1 is 1.20 bits per heavy atom. The molecule has 2 rings (SSSR count). The van der Waals surface area contributed by atoms with E-state index in [0.29, 0.717) is 0 Å². The van der Waals surface area contributed by atoms with Gasteiger partial charge in [-0.2, -0.15) is 0 Å². The molecule has 0 aliphatic rings. The molecule has 0 fully saturated rings. The van der Waals surface area contributed by atoms with Crippen molar-refractivity contribution < 1.29 is 4.79 Å². The first-order chi connectivity index (χ1) is 7.25. The third-order valence-electron chi connectivity index (χ3n) is 2.00. The Morgan fingerprint density at radius 3 is 2.33 bits per heavy atom. The zero-order valence-corrected chi connectivity index (χ0v) is 8.55. The quantitative estimate of drug-likeness (QED) is 0.740. The normalized spacial score (nSPS) is 10.2. The number of carbonyl (C=O) groups is 1. The first-order valence-electron chi connectivity index (χ1n) is 4.38. The van der Waals surface area contributed by atoms with Gasteiger partial charge in [0.1, 0.15) is 12.7 Å². The molecule has 0 aliphatic heterocycles. The number of halogens is 1. The number of aromatic nitrogens is 3. The van der Waals surface area contributed by atoms with Crippen LogP contribution < -0.4 is 0 Å². The van der Waals surface area contributed by atoms with Crippen LogP contribution in [0, 0.1) is 0 Å². The molecule has 1 aromatic carbocycles. The van der Waals surface area contributed by atoms with Gasteiger partial charge in [-0.05, 0) is 29.3 Å². The average Bonchev–Trinajstić information content (AvgIpc) is 2.71.